The highest BCUT2D eigenvalue weighted by Crippen LogP contribution is 2.31. The second kappa shape index (κ2) is 5.55. The van der Waals surface area contributed by atoms with Crippen molar-refractivity contribution in [3.8, 4) is 6.07 Å². The van der Waals surface area contributed by atoms with Crippen LogP contribution in [0.5, 0.6) is 0 Å². The zero-order chi connectivity index (χ0) is 12.9. The Morgan fingerprint density at radius 1 is 1.35 bits per heavy atom. The number of halogens is 3. The van der Waals surface area contributed by atoms with Gasteiger partial charge in [0.2, 0.25) is 0 Å². The SMILES string of the molecule is N#Cc1cc(C(F)(F)F)ccc1NCCCN. The van der Waals surface area contributed by atoms with E-state index in [1.54, 1.807) is 6.07 Å². The van der Waals surface area contributed by atoms with Crippen LogP contribution in [0.1, 0.15) is 17.5 Å². The average Bonchev–Trinajstić information content (AvgIpc) is 2.28. The molecule has 0 atom stereocenters. The molecule has 92 valence electrons. The molecule has 0 aliphatic carbocycles. The summed E-state index contributed by atoms with van der Waals surface area (Å²) in [6.07, 6.45) is -3.74. The second-order valence-corrected chi connectivity index (χ2v) is 3.44. The van der Waals surface area contributed by atoms with E-state index in [4.69, 9.17) is 11.0 Å². The van der Waals surface area contributed by atoms with Gasteiger partial charge in [-0.3, -0.25) is 0 Å². The van der Waals surface area contributed by atoms with E-state index in [-0.39, 0.29) is 5.56 Å². The maximum atomic E-state index is 12.4. The lowest BCUT2D eigenvalue weighted by atomic mass is 10.1. The standard InChI is InChI=1S/C11H12F3N3/c12-11(13,14)9-2-3-10(8(6-9)7-16)17-5-1-4-15/h2-3,6,17H,1,4-5,15H2. The molecule has 17 heavy (non-hydrogen) atoms. The molecule has 0 heterocycles. The lowest BCUT2D eigenvalue weighted by molar-refractivity contribution is -0.137. The molecule has 3 nitrogen and oxygen atoms in total. The zero-order valence-electron chi connectivity index (χ0n) is 9.01. The number of nitrogens with two attached hydrogens (primary N) is 1. The third-order valence-corrected chi connectivity index (χ3v) is 2.16. The van der Waals surface area contributed by atoms with Crippen LogP contribution in [0.15, 0.2) is 18.2 Å². The van der Waals surface area contributed by atoms with Gasteiger partial charge in [0, 0.05) is 6.54 Å². The van der Waals surface area contributed by atoms with Crippen LogP contribution >= 0.6 is 0 Å². The first-order valence-electron chi connectivity index (χ1n) is 5.04. The van der Waals surface area contributed by atoms with Crippen LogP contribution in [0.3, 0.4) is 0 Å². The summed E-state index contributed by atoms with van der Waals surface area (Å²) in [6, 6.07) is 4.79. The summed E-state index contributed by atoms with van der Waals surface area (Å²) in [5.74, 6) is 0. The maximum absolute atomic E-state index is 12.4. The monoisotopic (exact) mass is 243 g/mol. The number of anilines is 1. The molecule has 0 saturated carbocycles. The Kier molecular flexibility index (Phi) is 4.35. The second-order valence-electron chi connectivity index (χ2n) is 3.44. The highest BCUT2D eigenvalue weighted by molar-refractivity contribution is 5.58. The molecule has 0 bridgehead atoms. The quantitative estimate of drug-likeness (QED) is 0.798. The normalized spacial score (nSPS) is 11.0. The van der Waals surface area contributed by atoms with Gasteiger partial charge in [0.25, 0.3) is 0 Å². The molecular formula is C11H12F3N3. The minimum absolute atomic E-state index is 0.0168. The molecule has 0 amide bonds. The van der Waals surface area contributed by atoms with Gasteiger partial charge in [0.1, 0.15) is 6.07 Å². The number of hydrogen-bond donors (Lipinski definition) is 2. The number of alkyl halides is 3. The summed E-state index contributed by atoms with van der Waals surface area (Å²) < 4.78 is 37.2. The van der Waals surface area contributed by atoms with Gasteiger partial charge in [-0.25, -0.2) is 0 Å². The Morgan fingerprint density at radius 3 is 2.59 bits per heavy atom. The van der Waals surface area contributed by atoms with Crippen molar-refractivity contribution in [1.82, 2.24) is 0 Å². The summed E-state index contributed by atoms with van der Waals surface area (Å²) in [4.78, 5) is 0. The fraction of sp³-hybridized carbons (Fsp3) is 0.364. The summed E-state index contributed by atoms with van der Waals surface area (Å²) in [5.41, 5.74) is 4.85. The summed E-state index contributed by atoms with van der Waals surface area (Å²) >= 11 is 0. The Morgan fingerprint density at radius 2 is 2.06 bits per heavy atom. The fourth-order valence-corrected chi connectivity index (χ4v) is 1.29. The van der Waals surface area contributed by atoms with Gasteiger partial charge < -0.3 is 11.1 Å². The van der Waals surface area contributed by atoms with Crippen molar-refractivity contribution in [2.75, 3.05) is 18.4 Å². The van der Waals surface area contributed by atoms with Crippen LogP contribution in [0.2, 0.25) is 0 Å². The van der Waals surface area contributed by atoms with E-state index in [1.165, 1.54) is 6.07 Å². The van der Waals surface area contributed by atoms with Crippen LogP contribution in [-0.2, 0) is 6.18 Å². The molecule has 1 aromatic carbocycles. The highest BCUT2D eigenvalue weighted by Gasteiger charge is 2.30. The third kappa shape index (κ3) is 3.64. The van der Waals surface area contributed by atoms with Crippen molar-refractivity contribution in [3.05, 3.63) is 29.3 Å². The number of nitriles is 1. The number of benzene rings is 1. The van der Waals surface area contributed by atoms with Gasteiger partial charge in [-0.15, -0.1) is 0 Å². The van der Waals surface area contributed by atoms with Crippen molar-refractivity contribution < 1.29 is 13.2 Å². The van der Waals surface area contributed by atoms with Gasteiger partial charge in [0.15, 0.2) is 0 Å². The lowest BCUT2D eigenvalue weighted by Gasteiger charge is -2.11. The summed E-state index contributed by atoms with van der Waals surface area (Å²) in [7, 11) is 0. The van der Waals surface area contributed by atoms with E-state index in [1.807, 2.05) is 0 Å². The van der Waals surface area contributed by atoms with Crippen LogP contribution < -0.4 is 11.1 Å². The van der Waals surface area contributed by atoms with Crippen molar-refractivity contribution in [2.24, 2.45) is 5.73 Å². The van der Waals surface area contributed by atoms with Crippen LogP contribution in [0.4, 0.5) is 18.9 Å². The average molecular weight is 243 g/mol. The van der Waals surface area contributed by atoms with E-state index < -0.39 is 11.7 Å². The molecule has 0 aliphatic heterocycles. The Labute approximate surface area is 97.0 Å². The molecular weight excluding hydrogens is 231 g/mol. The van der Waals surface area contributed by atoms with Crippen molar-refractivity contribution >= 4 is 5.69 Å². The van der Waals surface area contributed by atoms with Crippen molar-refractivity contribution in [1.29, 1.82) is 5.26 Å². The van der Waals surface area contributed by atoms with E-state index >= 15 is 0 Å². The predicted octanol–water partition coefficient (Wildman–Crippen LogP) is 2.34. The predicted molar refractivity (Wildman–Crippen MR) is 58.3 cm³/mol. The van der Waals surface area contributed by atoms with Gasteiger partial charge in [0.05, 0.1) is 16.8 Å². The zero-order valence-corrected chi connectivity index (χ0v) is 9.01. The van der Waals surface area contributed by atoms with Gasteiger partial charge in [-0.2, -0.15) is 18.4 Å². The van der Waals surface area contributed by atoms with Gasteiger partial charge in [-0.05, 0) is 31.2 Å². The summed E-state index contributed by atoms with van der Waals surface area (Å²) in [5, 5.41) is 11.7. The topological polar surface area (TPSA) is 61.8 Å². The summed E-state index contributed by atoms with van der Waals surface area (Å²) in [6.45, 7) is 1.01. The minimum atomic E-state index is -4.43. The third-order valence-electron chi connectivity index (χ3n) is 2.16. The maximum Gasteiger partial charge on any atom is 0.416 e. The molecule has 0 unspecified atom stereocenters. The van der Waals surface area contributed by atoms with Crippen molar-refractivity contribution in [3.63, 3.8) is 0 Å². The number of nitrogens with one attached hydrogen (secondary N) is 1. The molecule has 3 N–H and O–H groups in total. The Hall–Kier alpha value is -1.74. The molecule has 0 fully saturated rings. The van der Waals surface area contributed by atoms with Crippen molar-refractivity contribution in [2.45, 2.75) is 12.6 Å². The molecule has 0 spiro atoms. The van der Waals surface area contributed by atoms with Crippen LogP contribution in [0, 0.1) is 11.3 Å². The van der Waals surface area contributed by atoms with Crippen LogP contribution in [-0.4, -0.2) is 13.1 Å². The van der Waals surface area contributed by atoms with E-state index in [2.05, 4.69) is 5.32 Å². The number of nitrogens with zero attached hydrogens (tertiary/aromatic N) is 1. The van der Waals surface area contributed by atoms with E-state index in [0.717, 1.165) is 12.1 Å². The first-order valence-corrected chi connectivity index (χ1v) is 5.04. The molecule has 0 radical (unpaired) electrons. The number of hydrogen-bond acceptors (Lipinski definition) is 3. The largest absolute Gasteiger partial charge is 0.416 e. The molecule has 0 saturated heterocycles. The van der Waals surface area contributed by atoms with Gasteiger partial charge >= 0.3 is 6.18 Å². The molecule has 6 heteroatoms. The molecule has 1 aromatic rings. The first-order chi connectivity index (χ1) is 7.99. The van der Waals surface area contributed by atoms with E-state index in [0.29, 0.717) is 25.2 Å². The Balaban J connectivity index is 2.91. The Bertz CT molecular complexity index is 421. The first kappa shape index (κ1) is 13.3. The number of rotatable bonds is 4. The molecule has 0 aliphatic rings. The minimum Gasteiger partial charge on any atom is -0.384 e. The van der Waals surface area contributed by atoms with Gasteiger partial charge in [-0.1, -0.05) is 0 Å². The van der Waals surface area contributed by atoms with Crippen LogP contribution in [0.25, 0.3) is 0 Å². The van der Waals surface area contributed by atoms with E-state index in [9.17, 15) is 13.2 Å². The lowest BCUT2D eigenvalue weighted by Crippen LogP contribution is -2.10. The molecule has 1 rings (SSSR count). The molecule has 0 aromatic heterocycles. The smallest absolute Gasteiger partial charge is 0.384 e. The fourth-order valence-electron chi connectivity index (χ4n) is 1.29. The highest BCUT2D eigenvalue weighted by atomic mass is 19.4.